The Morgan fingerprint density at radius 3 is 3.09 bits per heavy atom. The third-order valence-corrected chi connectivity index (χ3v) is 5.57. The largest absolute Gasteiger partial charge is 0.380 e. The van der Waals surface area contributed by atoms with Gasteiger partial charge in [-0.05, 0) is 44.9 Å². The standard InChI is InChI=1S/C18H28N2O3/c1-14-9-16(19-23-14)10-20-7-5-17-18(12-20,6-2-8-22-17)13-21-11-15-3-4-15/h9,15,17H,2-8,10-13H2,1H3/t17-,18+/m0/s1. The molecule has 0 amide bonds. The minimum Gasteiger partial charge on any atom is -0.380 e. The van der Waals surface area contributed by atoms with Gasteiger partial charge in [0.15, 0.2) is 0 Å². The minimum atomic E-state index is 0.171. The number of aromatic nitrogens is 1. The second kappa shape index (κ2) is 6.54. The third kappa shape index (κ3) is 3.62. The van der Waals surface area contributed by atoms with Crippen LogP contribution in [-0.4, -0.2) is 49.1 Å². The van der Waals surface area contributed by atoms with E-state index >= 15 is 0 Å². The van der Waals surface area contributed by atoms with Crippen LogP contribution in [0.1, 0.15) is 43.6 Å². The van der Waals surface area contributed by atoms with Gasteiger partial charge in [-0.25, -0.2) is 0 Å². The topological polar surface area (TPSA) is 47.7 Å². The summed E-state index contributed by atoms with van der Waals surface area (Å²) in [5.74, 6) is 1.71. The number of piperidine rings is 1. The van der Waals surface area contributed by atoms with E-state index in [9.17, 15) is 0 Å². The molecule has 4 rings (SSSR count). The molecule has 1 saturated carbocycles. The van der Waals surface area contributed by atoms with E-state index in [1.807, 2.05) is 13.0 Å². The number of likely N-dealkylation sites (tertiary alicyclic amines) is 1. The summed E-state index contributed by atoms with van der Waals surface area (Å²) < 4.78 is 17.4. The van der Waals surface area contributed by atoms with Gasteiger partial charge in [0.1, 0.15) is 5.76 Å². The van der Waals surface area contributed by atoms with E-state index in [1.165, 1.54) is 19.3 Å². The highest BCUT2D eigenvalue weighted by atomic mass is 16.5. The first kappa shape index (κ1) is 15.6. The van der Waals surface area contributed by atoms with Crippen molar-refractivity contribution >= 4 is 0 Å². The van der Waals surface area contributed by atoms with Crippen LogP contribution >= 0.6 is 0 Å². The Hall–Kier alpha value is -0.910. The molecule has 0 N–H and O–H groups in total. The van der Waals surface area contributed by atoms with E-state index in [-0.39, 0.29) is 5.41 Å². The summed E-state index contributed by atoms with van der Waals surface area (Å²) in [4.78, 5) is 2.50. The molecule has 0 bridgehead atoms. The zero-order chi connectivity index (χ0) is 15.7. The lowest BCUT2D eigenvalue weighted by molar-refractivity contribution is -0.154. The van der Waals surface area contributed by atoms with Gasteiger partial charge in [0.25, 0.3) is 0 Å². The third-order valence-electron chi connectivity index (χ3n) is 5.57. The predicted molar refractivity (Wildman–Crippen MR) is 86.1 cm³/mol. The number of fused-ring (bicyclic) bond motifs is 1. The highest BCUT2D eigenvalue weighted by molar-refractivity contribution is 5.05. The molecule has 0 unspecified atom stereocenters. The van der Waals surface area contributed by atoms with Crippen LogP contribution in [0.25, 0.3) is 0 Å². The fraction of sp³-hybridized carbons (Fsp3) is 0.833. The minimum absolute atomic E-state index is 0.171. The Morgan fingerprint density at radius 2 is 2.30 bits per heavy atom. The molecule has 1 aliphatic carbocycles. The molecule has 2 saturated heterocycles. The molecular formula is C18H28N2O3. The lowest BCUT2D eigenvalue weighted by Crippen LogP contribution is -2.56. The first-order chi connectivity index (χ1) is 11.2. The van der Waals surface area contributed by atoms with Crippen molar-refractivity contribution in [1.82, 2.24) is 10.1 Å². The lowest BCUT2D eigenvalue weighted by atomic mass is 9.73. The molecule has 1 aromatic rings. The van der Waals surface area contributed by atoms with Gasteiger partial charge in [0.2, 0.25) is 0 Å². The molecule has 0 spiro atoms. The van der Waals surface area contributed by atoms with Gasteiger partial charge in [-0.2, -0.15) is 0 Å². The van der Waals surface area contributed by atoms with Crippen molar-refractivity contribution in [1.29, 1.82) is 0 Å². The fourth-order valence-corrected chi connectivity index (χ4v) is 4.16. The van der Waals surface area contributed by atoms with Crippen molar-refractivity contribution in [2.75, 3.05) is 32.9 Å². The zero-order valence-electron chi connectivity index (χ0n) is 14.1. The van der Waals surface area contributed by atoms with Crippen LogP contribution in [0.5, 0.6) is 0 Å². The zero-order valence-corrected chi connectivity index (χ0v) is 14.1. The van der Waals surface area contributed by atoms with E-state index in [0.29, 0.717) is 6.10 Å². The van der Waals surface area contributed by atoms with Gasteiger partial charge in [-0.1, -0.05) is 5.16 Å². The maximum Gasteiger partial charge on any atom is 0.133 e. The molecule has 3 aliphatic rings. The fourth-order valence-electron chi connectivity index (χ4n) is 4.16. The Bertz CT molecular complexity index is 528. The summed E-state index contributed by atoms with van der Waals surface area (Å²) in [6.45, 7) is 7.64. The summed E-state index contributed by atoms with van der Waals surface area (Å²) in [6.07, 6.45) is 6.54. The predicted octanol–water partition coefficient (Wildman–Crippen LogP) is 2.78. The number of ether oxygens (including phenoxy) is 2. The Morgan fingerprint density at radius 1 is 1.39 bits per heavy atom. The summed E-state index contributed by atoms with van der Waals surface area (Å²) in [6, 6.07) is 2.04. The smallest absolute Gasteiger partial charge is 0.133 e. The normalized spacial score (nSPS) is 32.0. The van der Waals surface area contributed by atoms with Gasteiger partial charge >= 0.3 is 0 Å². The second-order valence-corrected chi connectivity index (χ2v) is 7.71. The first-order valence-electron chi connectivity index (χ1n) is 9.07. The van der Waals surface area contributed by atoms with Crippen LogP contribution in [0.3, 0.4) is 0 Å². The molecular weight excluding hydrogens is 292 g/mol. The van der Waals surface area contributed by atoms with Gasteiger partial charge in [-0.15, -0.1) is 0 Å². The Kier molecular flexibility index (Phi) is 4.43. The van der Waals surface area contributed by atoms with E-state index < -0.39 is 0 Å². The molecule has 5 nitrogen and oxygen atoms in total. The molecule has 1 aromatic heterocycles. The number of aryl methyl sites for hydroxylation is 1. The van der Waals surface area contributed by atoms with Gasteiger partial charge in [0.05, 0.1) is 18.4 Å². The number of hydrogen-bond donors (Lipinski definition) is 0. The van der Waals surface area contributed by atoms with Crippen LogP contribution in [0.15, 0.2) is 10.6 Å². The molecule has 128 valence electrons. The Labute approximate surface area is 138 Å². The van der Waals surface area contributed by atoms with Crippen LogP contribution < -0.4 is 0 Å². The first-order valence-corrected chi connectivity index (χ1v) is 9.07. The molecule has 0 radical (unpaired) electrons. The van der Waals surface area contributed by atoms with Crippen molar-refractivity contribution in [3.05, 3.63) is 17.5 Å². The maximum atomic E-state index is 6.12. The average Bonchev–Trinajstić information content (AvgIpc) is 3.28. The van der Waals surface area contributed by atoms with Crippen LogP contribution in [0.4, 0.5) is 0 Å². The van der Waals surface area contributed by atoms with Crippen molar-refractivity contribution in [3.63, 3.8) is 0 Å². The summed E-state index contributed by atoms with van der Waals surface area (Å²) in [5.41, 5.74) is 1.20. The maximum absolute atomic E-state index is 6.12. The van der Waals surface area contributed by atoms with E-state index in [1.54, 1.807) is 0 Å². The number of hydrogen-bond acceptors (Lipinski definition) is 5. The molecule has 2 atom stereocenters. The van der Waals surface area contributed by atoms with Crippen molar-refractivity contribution in [2.24, 2.45) is 11.3 Å². The van der Waals surface area contributed by atoms with Crippen LogP contribution in [0.2, 0.25) is 0 Å². The van der Waals surface area contributed by atoms with Gasteiger partial charge in [0, 0.05) is 44.3 Å². The highest BCUT2D eigenvalue weighted by Crippen LogP contribution is 2.41. The van der Waals surface area contributed by atoms with E-state index in [2.05, 4.69) is 10.1 Å². The summed E-state index contributed by atoms with van der Waals surface area (Å²) in [7, 11) is 0. The molecule has 0 aromatic carbocycles. The van der Waals surface area contributed by atoms with E-state index in [0.717, 1.165) is 69.7 Å². The van der Waals surface area contributed by atoms with Crippen molar-refractivity contribution < 1.29 is 14.0 Å². The Balaban J connectivity index is 1.40. The SMILES string of the molecule is Cc1cc(CN2CC[C@@H]3OCCC[C@]3(COCC3CC3)C2)no1. The summed E-state index contributed by atoms with van der Waals surface area (Å²) >= 11 is 0. The van der Waals surface area contributed by atoms with Gasteiger partial charge < -0.3 is 14.0 Å². The van der Waals surface area contributed by atoms with E-state index in [4.69, 9.17) is 14.0 Å². The second-order valence-electron chi connectivity index (χ2n) is 7.71. The van der Waals surface area contributed by atoms with Crippen LogP contribution in [-0.2, 0) is 16.0 Å². The monoisotopic (exact) mass is 320 g/mol. The molecule has 2 aliphatic heterocycles. The summed E-state index contributed by atoms with van der Waals surface area (Å²) in [5, 5.41) is 4.15. The molecule has 3 heterocycles. The lowest BCUT2D eigenvalue weighted by Gasteiger charge is -2.50. The number of rotatable bonds is 6. The van der Waals surface area contributed by atoms with Crippen molar-refractivity contribution in [2.45, 2.75) is 51.7 Å². The quantitative estimate of drug-likeness (QED) is 0.806. The van der Waals surface area contributed by atoms with Crippen molar-refractivity contribution in [3.8, 4) is 0 Å². The molecule has 3 fully saturated rings. The van der Waals surface area contributed by atoms with Crippen LogP contribution in [0, 0.1) is 18.3 Å². The molecule has 23 heavy (non-hydrogen) atoms. The molecule has 5 heteroatoms. The van der Waals surface area contributed by atoms with Gasteiger partial charge in [-0.3, -0.25) is 4.90 Å². The average molecular weight is 320 g/mol. The highest BCUT2D eigenvalue weighted by Gasteiger charge is 2.46. The number of nitrogens with zero attached hydrogens (tertiary/aromatic N) is 2.